The Labute approximate surface area is 127 Å². The molecule has 0 atom stereocenters. The van der Waals surface area contributed by atoms with Crippen LogP contribution in [-0.2, 0) is 0 Å². The van der Waals surface area contributed by atoms with Crippen LogP contribution in [0.25, 0.3) is 16.8 Å². The normalized spacial score (nSPS) is 10.4. The van der Waals surface area contributed by atoms with Crippen LogP contribution < -0.4 is 5.32 Å². The molecule has 1 N–H and O–H groups in total. The second-order valence-electron chi connectivity index (χ2n) is 4.72. The number of pyridine rings is 1. The molecule has 22 heavy (non-hydrogen) atoms. The van der Waals surface area contributed by atoms with Gasteiger partial charge in [0.25, 0.3) is 5.91 Å². The van der Waals surface area contributed by atoms with Crippen LogP contribution in [0.2, 0.25) is 0 Å². The fourth-order valence-electron chi connectivity index (χ4n) is 2.14. The Kier molecular flexibility index (Phi) is 3.91. The first-order valence-corrected chi connectivity index (χ1v) is 6.98. The maximum absolute atomic E-state index is 11.9. The van der Waals surface area contributed by atoms with E-state index in [1.54, 1.807) is 29.5 Å². The fourth-order valence-corrected chi connectivity index (χ4v) is 2.14. The molecule has 6 heteroatoms. The third-order valence-corrected chi connectivity index (χ3v) is 3.23. The summed E-state index contributed by atoms with van der Waals surface area (Å²) < 4.78 is 1.69. The average Bonchev–Trinajstić information content (AvgIpc) is 3.10. The van der Waals surface area contributed by atoms with E-state index < -0.39 is 0 Å². The number of hydrogen-bond acceptors (Lipinski definition) is 4. The molecule has 3 aromatic rings. The maximum Gasteiger partial charge on any atom is 0.252 e. The van der Waals surface area contributed by atoms with Crippen LogP contribution in [0.5, 0.6) is 0 Å². The van der Waals surface area contributed by atoms with E-state index >= 15 is 0 Å². The number of carbonyl (C=O) groups excluding carboxylic acids is 1. The van der Waals surface area contributed by atoms with Crippen LogP contribution >= 0.6 is 0 Å². The lowest BCUT2D eigenvalue weighted by atomic mass is 10.1. The Morgan fingerprint density at radius 3 is 2.68 bits per heavy atom. The lowest BCUT2D eigenvalue weighted by Gasteiger charge is -2.06. The number of nitrogens with zero attached hydrogens (tertiary/aromatic N) is 4. The molecule has 0 aliphatic rings. The van der Waals surface area contributed by atoms with Crippen molar-refractivity contribution in [2.45, 2.75) is 6.92 Å². The van der Waals surface area contributed by atoms with Gasteiger partial charge in [-0.2, -0.15) is 0 Å². The second kappa shape index (κ2) is 6.17. The number of benzene rings is 1. The van der Waals surface area contributed by atoms with Gasteiger partial charge in [0.1, 0.15) is 0 Å². The van der Waals surface area contributed by atoms with Gasteiger partial charge in [-0.15, -0.1) is 5.10 Å². The smallest absolute Gasteiger partial charge is 0.252 e. The summed E-state index contributed by atoms with van der Waals surface area (Å²) in [5.41, 5.74) is 3.37. The standard InChI is InChI=1S/C16H15N5O/c1-2-18-16(22)14-9-13(10-17-11-14)12-3-5-15(6-4-12)21-8-7-19-20-21/h3-11H,2H2,1H3,(H,18,22). The molecular weight excluding hydrogens is 278 g/mol. The molecule has 6 nitrogen and oxygen atoms in total. The highest BCUT2D eigenvalue weighted by Crippen LogP contribution is 2.21. The van der Waals surface area contributed by atoms with Crippen LogP contribution in [-0.4, -0.2) is 32.4 Å². The summed E-state index contributed by atoms with van der Waals surface area (Å²) in [5.74, 6) is -0.115. The first kappa shape index (κ1) is 13.9. The largest absolute Gasteiger partial charge is 0.352 e. The van der Waals surface area contributed by atoms with E-state index in [4.69, 9.17) is 0 Å². The molecular formula is C16H15N5O. The first-order valence-electron chi connectivity index (χ1n) is 6.98. The summed E-state index contributed by atoms with van der Waals surface area (Å²) in [4.78, 5) is 16.0. The van der Waals surface area contributed by atoms with Gasteiger partial charge >= 0.3 is 0 Å². The molecule has 0 aliphatic carbocycles. The van der Waals surface area contributed by atoms with Gasteiger partial charge in [-0.3, -0.25) is 9.78 Å². The molecule has 0 unspecified atom stereocenters. The van der Waals surface area contributed by atoms with Crippen molar-refractivity contribution < 1.29 is 4.79 Å². The first-order chi connectivity index (χ1) is 10.8. The third-order valence-electron chi connectivity index (χ3n) is 3.23. The van der Waals surface area contributed by atoms with Crippen molar-refractivity contribution in [3.63, 3.8) is 0 Å². The van der Waals surface area contributed by atoms with Crippen molar-refractivity contribution in [1.82, 2.24) is 25.3 Å². The highest BCUT2D eigenvalue weighted by molar-refractivity contribution is 5.95. The molecule has 0 bridgehead atoms. The number of carbonyl (C=O) groups is 1. The van der Waals surface area contributed by atoms with Crippen molar-refractivity contribution in [2.24, 2.45) is 0 Å². The predicted octanol–water partition coefficient (Wildman–Crippen LogP) is 2.08. The number of nitrogens with one attached hydrogen (secondary N) is 1. The van der Waals surface area contributed by atoms with Crippen molar-refractivity contribution in [1.29, 1.82) is 0 Å². The van der Waals surface area contributed by atoms with Gasteiger partial charge in [-0.1, -0.05) is 17.3 Å². The minimum Gasteiger partial charge on any atom is -0.352 e. The molecule has 0 saturated heterocycles. The van der Waals surface area contributed by atoms with Gasteiger partial charge in [0, 0.05) is 24.5 Å². The van der Waals surface area contributed by atoms with E-state index in [0.29, 0.717) is 12.1 Å². The Balaban J connectivity index is 1.88. The maximum atomic E-state index is 11.9. The fraction of sp³-hybridized carbons (Fsp3) is 0.125. The molecule has 3 rings (SSSR count). The lowest BCUT2D eigenvalue weighted by molar-refractivity contribution is 0.0955. The van der Waals surface area contributed by atoms with E-state index in [9.17, 15) is 4.79 Å². The third kappa shape index (κ3) is 2.85. The Morgan fingerprint density at radius 1 is 1.18 bits per heavy atom. The summed E-state index contributed by atoms with van der Waals surface area (Å²) in [6, 6.07) is 9.67. The molecule has 110 valence electrons. The summed E-state index contributed by atoms with van der Waals surface area (Å²) in [6.45, 7) is 2.48. The van der Waals surface area contributed by atoms with Crippen molar-refractivity contribution in [3.05, 3.63) is 60.7 Å². The van der Waals surface area contributed by atoms with Crippen LogP contribution in [0, 0.1) is 0 Å². The predicted molar refractivity (Wildman–Crippen MR) is 82.6 cm³/mol. The van der Waals surface area contributed by atoms with E-state index in [2.05, 4.69) is 20.6 Å². The Hall–Kier alpha value is -3.02. The summed E-state index contributed by atoms with van der Waals surface area (Å²) in [6.07, 6.45) is 6.73. The summed E-state index contributed by atoms with van der Waals surface area (Å²) in [7, 11) is 0. The average molecular weight is 293 g/mol. The van der Waals surface area contributed by atoms with Crippen LogP contribution in [0.1, 0.15) is 17.3 Å². The van der Waals surface area contributed by atoms with Crippen molar-refractivity contribution in [3.8, 4) is 16.8 Å². The van der Waals surface area contributed by atoms with E-state index in [0.717, 1.165) is 16.8 Å². The van der Waals surface area contributed by atoms with Gasteiger partial charge in [-0.25, -0.2) is 4.68 Å². The number of aromatic nitrogens is 4. The molecule has 2 aromatic heterocycles. The quantitative estimate of drug-likeness (QED) is 0.799. The number of amides is 1. The van der Waals surface area contributed by atoms with Crippen molar-refractivity contribution in [2.75, 3.05) is 6.54 Å². The molecule has 0 saturated carbocycles. The number of rotatable bonds is 4. The van der Waals surface area contributed by atoms with Crippen molar-refractivity contribution >= 4 is 5.91 Å². The zero-order valence-electron chi connectivity index (χ0n) is 12.1. The second-order valence-corrected chi connectivity index (χ2v) is 4.72. The molecule has 1 aromatic carbocycles. The zero-order chi connectivity index (χ0) is 15.4. The highest BCUT2D eigenvalue weighted by Gasteiger charge is 2.07. The van der Waals surface area contributed by atoms with Crippen LogP contribution in [0.4, 0.5) is 0 Å². The monoisotopic (exact) mass is 293 g/mol. The van der Waals surface area contributed by atoms with E-state index in [1.165, 1.54) is 0 Å². The molecule has 0 spiro atoms. The van der Waals surface area contributed by atoms with Gasteiger partial charge in [-0.05, 0) is 30.7 Å². The topological polar surface area (TPSA) is 72.7 Å². The zero-order valence-corrected chi connectivity index (χ0v) is 12.1. The lowest BCUT2D eigenvalue weighted by Crippen LogP contribution is -2.22. The minimum absolute atomic E-state index is 0.115. The minimum atomic E-state index is -0.115. The van der Waals surface area contributed by atoms with Gasteiger partial charge in [0.2, 0.25) is 0 Å². The summed E-state index contributed by atoms with van der Waals surface area (Å²) >= 11 is 0. The van der Waals surface area contributed by atoms with Gasteiger partial charge in [0.15, 0.2) is 0 Å². The van der Waals surface area contributed by atoms with Gasteiger partial charge in [0.05, 0.1) is 23.6 Å². The number of hydrogen-bond donors (Lipinski definition) is 1. The molecule has 0 aliphatic heterocycles. The molecule has 0 fully saturated rings. The SMILES string of the molecule is CCNC(=O)c1cncc(-c2ccc(-n3ccnn3)cc2)c1. The molecule has 1 amide bonds. The summed E-state index contributed by atoms with van der Waals surface area (Å²) in [5, 5.41) is 10.5. The molecule has 2 heterocycles. The molecule has 0 radical (unpaired) electrons. The van der Waals surface area contributed by atoms with E-state index in [1.807, 2.05) is 37.3 Å². The Morgan fingerprint density at radius 2 is 2.00 bits per heavy atom. The highest BCUT2D eigenvalue weighted by atomic mass is 16.1. The Bertz CT molecular complexity index is 765. The van der Waals surface area contributed by atoms with Gasteiger partial charge < -0.3 is 5.32 Å². The van der Waals surface area contributed by atoms with Crippen LogP contribution in [0.3, 0.4) is 0 Å². The van der Waals surface area contributed by atoms with Crippen LogP contribution in [0.15, 0.2) is 55.1 Å². The van der Waals surface area contributed by atoms with E-state index in [-0.39, 0.29) is 5.91 Å².